The highest BCUT2D eigenvalue weighted by Gasteiger charge is 2.36. The van der Waals surface area contributed by atoms with Crippen molar-refractivity contribution in [2.24, 2.45) is 0 Å². The minimum absolute atomic E-state index is 0.00244. The van der Waals surface area contributed by atoms with E-state index in [9.17, 15) is 9.59 Å². The zero-order chi connectivity index (χ0) is 19.7. The predicted octanol–water partition coefficient (Wildman–Crippen LogP) is 3.46. The van der Waals surface area contributed by atoms with Crippen molar-refractivity contribution in [2.45, 2.75) is 32.7 Å². The van der Waals surface area contributed by atoms with E-state index in [0.717, 1.165) is 42.0 Å². The highest BCUT2D eigenvalue weighted by molar-refractivity contribution is 6.05. The van der Waals surface area contributed by atoms with Crippen LogP contribution in [0.5, 0.6) is 5.75 Å². The normalized spacial score (nSPS) is 17.6. The standard InChI is InChI=1S/C22H24N2O4/c1-14-10-15(2)12-17(11-14)27-8-9-28-22(26)16-5-6-19-18(13-16)23-21(25)20-4-3-7-24(19)20/h5-6,10-13,20H,3-4,7-9H2,1-2H3,(H,23,25)/t20-/m0/s1. The fourth-order valence-electron chi connectivity index (χ4n) is 3.95. The van der Waals surface area contributed by atoms with Crippen LogP contribution in [0, 0.1) is 13.8 Å². The fourth-order valence-corrected chi connectivity index (χ4v) is 3.95. The average molecular weight is 380 g/mol. The number of rotatable bonds is 5. The number of carbonyl (C=O) groups excluding carboxylic acids is 2. The largest absolute Gasteiger partial charge is 0.490 e. The van der Waals surface area contributed by atoms with E-state index in [2.05, 4.69) is 16.3 Å². The topological polar surface area (TPSA) is 67.9 Å². The molecule has 146 valence electrons. The number of hydrogen-bond acceptors (Lipinski definition) is 5. The first-order valence-electron chi connectivity index (χ1n) is 9.61. The van der Waals surface area contributed by atoms with Crippen molar-refractivity contribution in [2.75, 3.05) is 30.0 Å². The van der Waals surface area contributed by atoms with Crippen LogP contribution < -0.4 is 15.0 Å². The van der Waals surface area contributed by atoms with Crippen LogP contribution in [0.4, 0.5) is 11.4 Å². The van der Waals surface area contributed by atoms with Gasteiger partial charge in [0.25, 0.3) is 0 Å². The molecular weight excluding hydrogens is 356 g/mol. The number of benzene rings is 2. The molecule has 28 heavy (non-hydrogen) atoms. The number of ether oxygens (including phenoxy) is 2. The van der Waals surface area contributed by atoms with Crippen molar-refractivity contribution in [3.8, 4) is 5.75 Å². The Morgan fingerprint density at radius 1 is 1.14 bits per heavy atom. The second-order valence-electron chi connectivity index (χ2n) is 7.38. The van der Waals surface area contributed by atoms with E-state index in [1.54, 1.807) is 12.1 Å². The lowest BCUT2D eigenvalue weighted by molar-refractivity contribution is -0.117. The molecule has 0 radical (unpaired) electrons. The molecule has 0 aliphatic carbocycles. The highest BCUT2D eigenvalue weighted by atomic mass is 16.6. The molecule has 1 N–H and O–H groups in total. The van der Waals surface area contributed by atoms with Crippen molar-refractivity contribution < 1.29 is 19.1 Å². The number of nitrogens with zero attached hydrogens (tertiary/aromatic N) is 1. The van der Waals surface area contributed by atoms with E-state index in [1.807, 2.05) is 32.0 Å². The van der Waals surface area contributed by atoms with Gasteiger partial charge in [-0.3, -0.25) is 4.79 Å². The van der Waals surface area contributed by atoms with Crippen LogP contribution in [0.2, 0.25) is 0 Å². The zero-order valence-electron chi connectivity index (χ0n) is 16.2. The Balaban J connectivity index is 1.35. The lowest BCUT2D eigenvalue weighted by Gasteiger charge is -2.33. The van der Waals surface area contributed by atoms with Gasteiger partial charge >= 0.3 is 5.97 Å². The molecule has 0 aromatic heterocycles. The van der Waals surface area contributed by atoms with Crippen LogP contribution in [0.3, 0.4) is 0 Å². The smallest absolute Gasteiger partial charge is 0.338 e. The summed E-state index contributed by atoms with van der Waals surface area (Å²) in [6, 6.07) is 11.2. The SMILES string of the molecule is Cc1cc(C)cc(OCCOC(=O)c2ccc3c(c2)NC(=O)[C@@H]2CCCN32)c1. The van der Waals surface area contributed by atoms with E-state index in [1.165, 1.54) is 0 Å². The summed E-state index contributed by atoms with van der Waals surface area (Å²) in [7, 11) is 0. The van der Waals surface area contributed by atoms with Gasteiger partial charge in [0, 0.05) is 6.54 Å². The quantitative estimate of drug-likeness (QED) is 0.636. The third-order valence-corrected chi connectivity index (χ3v) is 5.14. The molecule has 1 fully saturated rings. The Morgan fingerprint density at radius 3 is 2.71 bits per heavy atom. The van der Waals surface area contributed by atoms with Crippen LogP contribution in [0.1, 0.15) is 34.3 Å². The number of amides is 1. The van der Waals surface area contributed by atoms with Crippen molar-refractivity contribution in [1.29, 1.82) is 0 Å². The number of hydrogen-bond donors (Lipinski definition) is 1. The predicted molar refractivity (Wildman–Crippen MR) is 107 cm³/mol. The second-order valence-corrected chi connectivity index (χ2v) is 7.38. The molecule has 1 saturated heterocycles. The van der Waals surface area contributed by atoms with Crippen molar-refractivity contribution in [3.63, 3.8) is 0 Å². The van der Waals surface area contributed by atoms with Crippen LogP contribution in [-0.4, -0.2) is 37.7 Å². The molecule has 2 aromatic rings. The molecule has 0 unspecified atom stereocenters. The molecule has 6 heteroatoms. The van der Waals surface area contributed by atoms with Crippen molar-refractivity contribution in [3.05, 3.63) is 53.1 Å². The molecule has 0 bridgehead atoms. The van der Waals surface area contributed by atoms with Gasteiger partial charge in [0.05, 0.1) is 16.9 Å². The maximum Gasteiger partial charge on any atom is 0.338 e. The van der Waals surface area contributed by atoms with Crippen LogP contribution >= 0.6 is 0 Å². The average Bonchev–Trinajstić information content (AvgIpc) is 3.15. The van der Waals surface area contributed by atoms with E-state index in [4.69, 9.17) is 9.47 Å². The Hall–Kier alpha value is -3.02. The van der Waals surface area contributed by atoms with Gasteiger partial charge in [-0.15, -0.1) is 0 Å². The summed E-state index contributed by atoms with van der Waals surface area (Å²) >= 11 is 0. The molecule has 1 atom stereocenters. The summed E-state index contributed by atoms with van der Waals surface area (Å²) < 4.78 is 11.0. The summed E-state index contributed by atoms with van der Waals surface area (Å²) in [5.74, 6) is 0.340. The van der Waals surface area contributed by atoms with Gasteiger partial charge in [-0.1, -0.05) is 6.07 Å². The van der Waals surface area contributed by atoms with Gasteiger partial charge in [0.15, 0.2) is 0 Å². The summed E-state index contributed by atoms with van der Waals surface area (Å²) in [5.41, 5.74) is 4.32. The van der Waals surface area contributed by atoms with Crippen LogP contribution in [-0.2, 0) is 9.53 Å². The first-order valence-corrected chi connectivity index (χ1v) is 9.61. The molecule has 0 saturated carbocycles. The van der Waals surface area contributed by atoms with Crippen molar-refractivity contribution >= 4 is 23.3 Å². The Labute approximate surface area is 164 Å². The molecule has 2 aliphatic heterocycles. The number of nitrogens with one attached hydrogen (secondary N) is 1. The number of esters is 1. The summed E-state index contributed by atoms with van der Waals surface area (Å²) in [5, 5.41) is 2.91. The van der Waals surface area contributed by atoms with Gasteiger partial charge in [-0.25, -0.2) is 4.79 Å². The van der Waals surface area contributed by atoms with Gasteiger partial charge in [0.1, 0.15) is 25.0 Å². The molecule has 2 aromatic carbocycles. The first-order chi connectivity index (χ1) is 13.5. The highest BCUT2D eigenvalue weighted by Crippen LogP contribution is 2.37. The number of carbonyl (C=O) groups is 2. The molecule has 2 aliphatic rings. The monoisotopic (exact) mass is 380 g/mol. The van der Waals surface area contributed by atoms with Gasteiger partial charge in [-0.05, 0) is 68.1 Å². The minimum Gasteiger partial charge on any atom is -0.490 e. The number of anilines is 2. The molecule has 1 amide bonds. The summed E-state index contributed by atoms with van der Waals surface area (Å²) in [6.07, 6.45) is 1.87. The Bertz CT molecular complexity index is 904. The third-order valence-electron chi connectivity index (χ3n) is 5.14. The third kappa shape index (κ3) is 3.67. The summed E-state index contributed by atoms with van der Waals surface area (Å²) in [6.45, 7) is 5.33. The maximum atomic E-state index is 12.4. The molecule has 6 nitrogen and oxygen atoms in total. The van der Waals surface area contributed by atoms with Crippen LogP contribution in [0.25, 0.3) is 0 Å². The summed E-state index contributed by atoms with van der Waals surface area (Å²) in [4.78, 5) is 26.7. The molecule has 2 heterocycles. The van der Waals surface area contributed by atoms with E-state index < -0.39 is 5.97 Å². The maximum absolute atomic E-state index is 12.4. The number of fused-ring (bicyclic) bond motifs is 3. The van der Waals surface area contributed by atoms with E-state index in [-0.39, 0.29) is 25.2 Å². The lowest BCUT2D eigenvalue weighted by Crippen LogP contribution is -2.43. The molecule has 0 spiro atoms. The fraction of sp³-hybridized carbons (Fsp3) is 0.364. The Morgan fingerprint density at radius 2 is 1.93 bits per heavy atom. The zero-order valence-corrected chi connectivity index (χ0v) is 16.2. The van der Waals surface area contributed by atoms with E-state index in [0.29, 0.717) is 11.3 Å². The van der Waals surface area contributed by atoms with Gasteiger partial charge < -0.3 is 19.7 Å². The van der Waals surface area contributed by atoms with Crippen LogP contribution in [0.15, 0.2) is 36.4 Å². The lowest BCUT2D eigenvalue weighted by atomic mass is 10.1. The van der Waals surface area contributed by atoms with Crippen molar-refractivity contribution in [1.82, 2.24) is 0 Å². The minimum atomic E-state index is -0.426. The second kappa shape index (κ2) is 7.54. The van der Waals surface area contributed by atoms with E-state index >= 15 is 0 Å². The van der Waals surface area contributed by atoms with Gasteiger partial charge in [0.2, 0.25) is 5.91 Å². The first kappa shape index (κ1) is 18.3. The van der Waals surface area contributed by atoms with Gasteiger partial charge in [-0.2, -0.15) is 0 Å². The Kier molecular flexibility index (Phi) is 4.94. The number of aryl methyl sites for hydroxylation is 2. The molecular formula is C22H24N2O4. The molecule has 4 rings (SSSR count).